The molecular weight excluding hydrogens is 384 g/mol. The smallest absolute Gasteiger partial charge is 0.251 e. The van der Waals surface area contributed by atoms with Crippen LogP contribution in [0, 0.1) is 6.92 Å². The Morgan fingerprint density at radius 2 is 1.72 bits per heavy atom. The molecule has 6 heteroatoms. The van der Waals surface area contributed by atoms with Crippen LogP contribution in [-0.2, 0) is 16.6 Å². The van der Waals surface area contributed by atoms with Crippen LogP contribution in [-0.4, -0.2) is 31.7 Å². The number of rotatable bonds is 11. The van der Waals surface area contributed by atoms with Gasteiger partial charge >= 0.3 is 0 Å². The van der Waals surface area contributed by atoms with Crippen molar-refractivity contribution in [3.63, 3.8) is 0 Å². The third kappa shape index (κ3) is 6.54. The Morgan fingerprint density at radius 3 is 2.31 bits per heavy atom. The predicted octanol–water partition coefficient (Wildman–Crippen LogP) is 4.29. The van der Waals surface area contributed by atoms with Gasteiger partial charge in [0, 0.05) is 25.2 Å². The van der Waals surface area contributed by atoms with E-state index in [0.717, 1.165) is 30.4 Å². The number of sulfonamides is 1. The van der Waals surface area contributed by atoms with E-state index in [9.17, 15) is 13.2 Å². The summed E-state index contributed by atoms with van der Waals surface area (Å²) in [5, 5.41) is 2.91. The second-order valence-electron chi connectivity index (χ2n) is 7.06. The largest absolute Gasteiger partial charge is 0.352 e. The molecule has 0 radical (unpaired) electrons. The Kier molecular flexibility index (Phi) is 8.61. The van der Waals surface area contributed by atoms with E-state index in [1.54, 1.807) is 54.6 Å². The summed E-state index contributed by atoms with van der Waals surface area (Å²) in [6.45, 7) is 8.80. The lowest BCUT2D eigenvalue weighted by molar-refractivity contribution is 0.0953. The number of aryl methyl sites for hydroxylation is 1. The molecule has 2 rings (SSSR count). The molecule has 0 aliphatic carbocycles. The zero-order valence-electron chi connectivity index (χ0n) is 17.2. The van der Waals surface area contributed by atoms with Crippen LogP contribution in [0.25, 0.3) is 0 Å². The van der Waals surface area contributed by atoms with Crippen molar-refractivity contribution in [2.75, 3.05) is 13.1 Å². The van der Waals surface area contributed by atoms with E-state index < -0.39 is 10.0 Å². The van der Waals surface area contributed by atoms with Crippen molar-refractivity contribution in [2.45, 2.75) is 44.6 Å². The molecule has 2 aromatic rings. The van der Waals surface area contributed by atoms with Crippen LogP contribution in [0.5, 0.6) is 0 Å². The Bertz CT molecular complexity index is 904. The van der Waals surface area contributed by atoms with Gasteiger partial charge in [-0.05, 0) is 43.2 Å². The first-order chi connectivity index (χ1) is 13.9. The SMILES string of the molecule is C=CCN(Cc1ccc(C(=O)NCCCCC)cc1)S(=O)(=O)c1ccc(C)cc1. The number of hydrogen-bond donors (Lipinski definition) is 1. The molecule has 0 saturated carbocycles. The summed E-state index contributed by atoms with van der Waals surface area (Å²) in [6.07, 6.45) is 4.74. The molecule has 0 unspecified atom stereocenters. The first-order valence-electron chi connectivity index (χ1n) is 9.93. The number of amides is 1. The maximum absolute atomic E-state index is 13.0. The lowest BCUT2D eigenvalue weighted by atomic mass is 10.1. The summed E-state index contributed by atoms with van der Waals surface area (Å²) in [5.74, 6) is -0.108. The van der Waals surface area contributed by atoms with Gasteiger partial charge in [0.05, 0.1) is 4.90 Å². The molecule has 0 heterocycles. The normalized spacial score (nSPS) is 11.4. The first kappa shape index (κ1) is 22.8. The maximum atomic E-state index is 13.0. The molecule has 0 aliphatic heterocycles. The van der Waals surface area contributed by atoms with Crippen molar-refractivity contribution in [3.8, 4) is 0 Å². The highest BCUT2D eigenvalue weighted by Gasteiger charge is 2.23. The van der Waals surface area contributed by atoms with Crippen LogP contribution in [0.4, 0.5) is 0 Å². The Morgan fingerprint density at radius 1 is 1.07 bits per heavy atom. The van der Waals surface area contributed by atoms with Crippen LogP contribution >= 0.6 is 0 Å². The molecule has 29 heavy (non-hydrogen) atoms. The van der Waals surface area contributed by atoms with Gasteiger partial charge in [0.2, 0.25) is 10.0 Å². The minimum absolute atomic E-state index is 0.108. The van der Waals surface area contributed by atoms with Crippen molar-refractivity contribution in [1.82, 2.24) is 9.62 Å². The third-order valence-corrected chi connectivity index (χ3v) is 6.46. The second-order valence-corrected chi connectivity index (χ2v) is 9.00. The van der Waals surface area contributed by atoms with E-state index in [-0.39, 0.29) is 23.9 Å². The van der Waals surface area contributed by atoms with Gasteiger partial charge in [-0.25, -0.2) is 8.42 Å². The highest BCUT2D eigenvalue weighted by molar-refractivity contribution is 7.89. The minimum atomic E-state index is -3.64. The van der Waals surface area contributed by atoms with E-state index in [2.05, 4.69) is 18.8 Å². The quantitative estimate of drug-likeness (QED) is 0.441. The molecule has 0 bridgehead atoms. The van der Waals surface area contributed by atoms with Gasteiger partial charge < -0.3 is 5.32 Å². The van der Waals surface area contributed by atoms with Crippen molar-refractivity contribution in [1.29, 1.82) is 0 Å². The summed E-state index contributed by atoms with van der Waals surface area (Å²) in [7, 11) is -3.64. The fourth-order valence-corrected chi connectivity index (χ4v) is 4.29. The molecule has 0 aliphatic rings. The van der Waals surface area contributed by atoms with E-state index in [1.165, 1.54) is 4.31 Å². The highest BCUT2D eigenvalue weighted by Crippen LogP contribution is 2.19. The van der Waals surface area contributed by atoms with Crippen LogP contribution in [0.15, 0.2) is 66.1 Å². The van der Waals surface area contributed by atoms with Crippen LogP contribution in [0.1, 0.15) is 47.7 Å². The maximum Gasteiger partial charge on any atom is 0.251 e. The van der Waals surface area contributed by atoms with Crippen molar-refractivity contribution in [3.05, 3.63) is 77.9 Å². The lowest BCUT2D eigenvalue weighted by Gasteiger charge is -2.21. The Hall–Kier alpha value is -2.44. The number of carbonyl (C=O) groups excluding carboxylic acids is 1. The Labute approximate surface area is 174 Å². The second kappa shape index (κ2) is 10.9. The molecule has 0 atom stereocenters. The number of nitrogens with zero attached hydrogens (tertiary/aromatic N) is 1. The summed E-state index contributed by atoms with van der Waals surface area (Å²) >= 11 is 0. The molecule has 2 aromatic carbocycles. The van der Waals surface area contributed by atoms with E-state index in [0.29, 0.717) is 12.1 Å². The van der Waals surface area contributed by atoms with Crippen molar-refractivity contribution in [2.24, 2.45) is 0 Å². The van der Waals surface area contributed by atoms with E-state index in [4.69, 9.17) is 0 Å². The number of hydrogen-bond acceptors (Lipinski definition) is 3. The van der Waals surface area contributed by atoms with Gasteiger partial charge in [-0.3, -0.25) is 4.79 Å². The summed E-state index contributed by atoms with van der Waals surface area (Å²) in [5.41, 5.74) is 2.38. The molecule has 1 N–H and O–H groups in total. The minimum Gasteiger partial charge on any atom is -0.352 e. The van der Waals surface area contributed by atoms with Crippen LogP contribution < -0.4 is 5.32 Å². The van der Waals surface area contributed by atoms with Crippen molar-refractivity contribution >= 4 is 15.9 Å². The van der Waals surface area contributed by atoms with Crippen LogP contribution in [0.3, 0.4) is 0 Å². The molecule has 0 spiro atoms. The van der Waals surface area contributed by atoms with Gasteiger partial charge in [-0.1, -0.05) is 55.7 Å². The lowest BCUT2D eigenvalue weighted by Crippen LogP contribution is -2.31. The Balaban J connectivity index is 2.09. The van der Waals surface area contributed by atoms with Gasteiger partial charge in [-0.15, -0.1) is 6.58 Å². The summed E-state index contributed by atoms with van der Waals surface area (Å²) in [4.78, 5) is 12.4. The zero-order chi connectivity index (χ0) is 21.3. The molecule has 1 amide bonds. The monoisotopic (exact) mass is 414 g/mol. The van der Waals surface area contributed by atoms with Gasteiger partial charge in [0.15, 0.2) is 0 Å². The van der Waals surface area contributed by atoms with Crippen molar-refractivity contribution < 1.29 is 13.2 Å². The molecule has 0 fully saturated rings. The van der Waals surface area contributed by atoms with Gasteiger partial charge in [-0.2, -0.15) is 4.31 Å². The average Bonchev–Trinajstić information content (AvgIpc) is 2.71. The molecule has 156 valence electrons. The topological polar surface area (TPSA) is 66.5 Å². The van der Waals surface area contributed by atoms with E-state index in [1.807, 2.05) is 6.92 Å². The summed E-state index contributed by atoms with van der Waals surface area (Å²) in [6, 6.07) is 13.9. The summed E-state index contributed by atoms with van der Waals surface area (Å²) < 4.78 is 27.4. The molecule has 0 saturated heterocycles. The fraction of sp³-hybridized carbons (Fsp3) is 0.348. The predicted molar refractivity (Wildman–Crippen MR) is 117 cm³/mol. The van der Waals surface area contributed by atoms with E-state index >= 15 is 0 Å². The molecule has 0 aromatic heterocycles. The van der Waals surface area contributed by atoms with Gasteiger partial charge in [0.25, 0.3) is 5.91 Å². The standard InChI is InChI=1S/C23H30N2O3S/c1-4-6-7-16-24-23(26)21-12-10-20(11-13-21)18-25(17-5-2)29(27,28)22-14-8-19(3)9-15-22/h5,8-15H,2,4,6-7,16-18H2,1,3H3,(H,24,26). The number of carbonyl (C=O) groups is 1. The molecule has 5 nitrogen and oxygen atoms in total. The van der Waals surface area contributed by atoms with Gasteiger partial charge in [0.1, 0.15) is 0 Å². The highest BCUT2D eigenvalue weighted by atomic mass is 32.2. The number of unbranched alkanes of at least 4 members (excludes halogenated alkanes) is 2. The average molecular weight is 415 g/mol. The zero-order valence-corrected chi connectivity index (χ0v) is 18.0. The molecular formula is C23H30N2O3S. The fourth-order valence-electron chi connectivity index (χ4n) is 2.90. The van der Waals surface area contributed by atoms with Crippen LogP contribution in [0.2, 0.25) is 0 Å². The number of benzene rings is 2. The third-order valence-electron chi connectivity index (χ3n) is 4.63. The first-order valence-corrected chi connectivity index (χ1v) is 11.4. The number of nitrogens with one attached hydrogen (secondary N) is 1.